The van der Waals surface area contributed by atoms with Crippen molar-refractivity contribution in [2.75, 3.05) is 7.11 Å². The summed E-state index contributed by atoms with van der Waals surface area (Å²) in [5, 5.41) is 1.37. The van der Waals surface area contributed by atoms with Crippen LogP contribution in [-0.2, 0) is 9.53 Å². The third-order valence-electron chi connectivity index (χ3n) is 5.03. The van der Waals surface area contributed by atoms with Crippen molar-refractivity contribution in [2.24, 2.45) is 5.92 Å². The molecule has 0 N–H and O–H groups in total. The number of fused-ring (bicyclic) bond motifs is 1. The topological polar surface area (TPSA) is 31.2 Å². The molecule has 0 radical (unpaired) electrons. The summed E-state index contributed by atoms with van der Waals surface area (Å²) in [6, 6.07) is 9.13. The van der Waals surface area contributed by atoms with Gasteiger partial charge in [-0.25, -0.2) is 0 Å². The van der Waals surface area contributed by atoms with E-state index in [0.717, 1.165) is 25.7 Å². The Morgan fingerprint density at radius 3 is 2.50 bits per heavy atom. The van der Waals surface area contributed by atoms with E-state index < -0.39 is 0 Å². The van der Waals surface area contributed by atoms with Crippen LogP contribution in [0.1, 0.15) is 57.1 Å². The van der Waals surface area contributed by atoms with Crippen molar-refractivity contribution in [3.63, 3.8) is 0 Å². The van der Waals surface area contributed by atoms with Crippen molar-refractivity contribution in [1.29, 1.82) is 0 Å². The van der Waals surface area contributed by atoms with Crippen molar-refractivity contribution in [2.45, 2.75) is 51.5 Å². The Balaban J connectivity index is 1.87. The van der Waals surface area contributed by atoms with E-state index >= 15 is 0 Å². The number of methoxy groups -OCH3 is 1. The van der Waals surface area contributed by atoms with Crippen LogP contribution >= 0.6 is 0 Å². The number of ether oxygens (including phenoxy) is 1. The molecule has 0 unspecified atom stereocenters. The van der Waals surface area contributed by atoms with E-state index in [-0.39, 0.29) is 11.9 Å². The van der Waals surface area contributed by atoms with Crippen LogP contribution in [-0.4, -0.2) is 17.6 Å². The van der Waals surface area contributed by atoms with Crippen LogP contribution in [0.15, 0.2) is 30.5 Å². The summed E-state index contributed by atoms with van der Waals surface area (Å²) in [7, 11) is 1.49. The van der Waals surface area contributed by atoms with Gasteiger partial charge in [-0.15, -0.1) is 0 Å². The number of rotatable bonds is 3. The van der Waals surface area contributed by atoms with Crippen molar-refractivity contribution in [3.8, 4) is 0 Å². The summed E-state index contributed by atoms with van der Waals surface area (Å²) in [4.78, 5) is 11.7. The molecule has 1 saturated carbocycles. The van der Waals surface area contributed by atoms with Crippen molar-refractivity contribution in [3.05, 3.63) is 36.0 Å². The molecule has 0 aliphatic heterocycles. The summed E-state index contributed by atoms with van der Waals surface area (Å²) in [6.45, 7) is 4.45. The van der Waals surface area contributed by atoms with Crippen LogP contribution in [0.25, 0.3) is 10.9 Å². The summed E-state index contributed by atoms with van der Waals surface area (Å²) >= 11 is 0. The van der Waals surface area contributed by atoms with Crippen LogP contribution in [0.3, 0.4) is 0 Å². The lowest BCUT2D eigenvalue weighted by Crippen LogP contribution is -2.22. The van der Waals surface area contributed by atoms with Crippen molar-refractivity contribution >= 4 is 16.9 Å². The van der Waals surface area contributed by atoms with Gasteiger partial charge in [0.25, 0.3) is 0 Å². The van der Waals surface area contributed by atoms with Gasteiger partial charge in [0.05, 0.1) is 13.0 Å². The number of para-hydroxylation sites is 1. The van der Waals surface area contributed by atoms with E-state index in [1.54, 1.807) is 0 Å². The zero-order valence-electron chi connectivity index (χ0n) is 13.7. The molecule has 1 aliphatic carbocycles. The second-order valence-electron chi connectivity index (χ2n) is 6.67. The minimum absolute atomic E-state index is 0.0388. The summed E-state index contributed by atoms with van der Waals surface area (Å²) in [6.07, 6.45) is 6.37. The molecule has 118 valence electrons. The molecule has 1 fully saturated rings. The Morgan fingerprint density at radius 2 is 1.86 bits per heavy atom. The maximum Gasteiger partial charge on any atom is 0.308 e. The van der Waals surface area contributed by atoms with Crippen LogP contribution in [0, 0.1) is 5.92 Å². The van der Waals surface area contributed by atoms with E-state index in [0.29, 0.717) is 12.0 Å². The number of nitrogens with zero attached hydrogens (tertiary/aromatic N) is 1. The van der Waals surface area contributed by atoms with Crippen LogP contribution in [0.4, 0.5) is 0 Å². The number of carbonyl (C=O) groups excluding carboxylic acids is 1. The molecule has 1 aromatic carbocycles. The van der Waals surface area contributed by atoms with E-state index in [1.165, 1.54) is 23.6 Å². The van der Waals surface area contributed by atoms with Gasteiger partial charge in [-0.2, -0.15) is 0 Å². The fraction of sp³-hybridized carbons (Fsp3) is 0.526. The molecule has 3 nitrogen and oxygen atoms in total. The number of aromatic nitrogens is 1. The Kier molecular flexibility index (Phi) is 4.23. The van der Waals surface area contributed by atoms with Crippen LogP contribution in [0.2, 0.25) is 0 Å². The first-order chi connectivity index (χ1) is 10.6. The summed E-state index contributed by atoms with van der Waals surface area (Å²) < 4.78 is 7.27. The standard InChI is InChI=1S/C19H25NO2/c1-13(2)20-12-17(16-6-4-5-7-18(16)20)14-8-10-15(11-9-14)19(21)22-3/h4-7,12-15H,8-11H2,1-3H3. The second-order valence-corrected chi connectivity index (χ2v) is 6.67. The second kappa shape index (κ2) is 6.15. The number of benzene rings is 1. The normalized spacial score (nSPS) is 22.2. The largest absolute Gasteiger partial charge is 0.469 e. The first kappa shape index (κ1) is 15.1. The molecular weight excluding hydrogens is 274 g/mol. The summed E-state index contributed by atoms with van der Waals surface area (Å²) in [5.74, 6) is 0.619. The molecule has 0 saturated heterocycles. The van der Waals surface area contributed by atoms with E-state index in [1.807, 2.05) is 0 Å². The molecule has 0 spiro atoms. The fourth-order valence-corrected chi connectivity index (χ4v) is 3.79. The molecule has 3 rings (SSSR count). The SMILES string of the molecule is COC(=O)C1CCC(c2cn(C(C)C)c3ccccc23)CC1. The lowest BCUT2D eigenvalue weighted by molar-refractivity contribution is -0.146. The molecule has 1 heterocycles. The molecule has 1 aliphatic rings. The highest BCUT2D eigenvalue weighted by Gasteiger charge is 2.29. The molecule has 2 aromatic rings. The maximum atomic E-state index is 11.7. The Labute approximate surface area is 132 Å². The lowest BCUT2D eigenvalue weighted by Gasteiger charge is -2.26. The molecule has 0 bridgehead atoms. The Morgan fingerprint density at radius 1 is 1.18 bits per heavy atom. The van der Waals surface area contributed by atoms with E-state index in [4.69, 9.17) is 4.74 Å². The van der Waals surface area contributed by atoms with Gasteiger partial charge >= 0.3 is 5.97 Å². The Hall–Kier alpha value is -1.77. The van der Waals surface area contributed by atoms with Gasteiger partial charge in [-0.3, -0.25) is 4.79 Å². The average Bonchev–Trinajstić information content (AvgIpc) is 2.94. The monoisotopic (exact) mass is 299 g/mol. The maximum absolute atomic E-state index is 11.7. The smallest absolute Gasteiger partial charge is 0.308 e. The van der Waals surface area contributed by atoms with Crippen molar-refractivity contribution < 1.29 is 9.53 Å². The first-order valence-corrected chi connectivity index (χ1v) is 8.29. The lowest BCUT2D eigenvalue weighted by atomic mass is 9.78. The van der Waals surface area contributed by atoms with Gasteiger partial charge in [0.1, 0.15) is 0 Å². The van der Waals surface area contributed by atoms with Gasteiger partial charge in [0, 0.05) is 23.1 Å². The van der Waals surface area contributed by atoms with Crippen LogP contribution < -0.4 is 0 Å². The Bertz CT molecular complexity index is 663. The molecule has 0 atom stereocenters. The first-order valence-electron chi connectivity index (χ1n) is 8.29. The highest BCUT2D eigenvalue weighted by atomic mass is 16.5. The third kappa shape index (κ3) is 2.65. The van der Waals surface area contributed by atoms with Crippen LogP contribution in [0.5, 0.6) is 0 Å². The van der Waals surface area contributed by atoms with Crippen molar-refractivity contribution in [1.82, 2.24) is 4.57 Å². The highest BCUT2D eigenvalue weighted by molar-refractivity contribution is 5.84. The third-order valence-corrected chi connectivity index (χ3v) is 5.03. The molecular formula is C19H25NO2. The molecule has 3 heteroatoms. The predicted octanol–water partition coefficient (Wildman–Crippen LogP) is 4.67. The van der Waals surface area contributed by atoms with E-state index in [9.17, 15) is 4.79 Å². The number of hydrogen-bond acceptors (Lipinski definition) is 2. The quantitative estimate of drug-likeness (QED) is 0.771. The number of esters is 1. The van der Waals surface area contributed by atoms with Gasteiger partial charge in [-0.05, 0) is 57.1 Å². The molecule has 0 amide bonds. The zero-order chi connectivity index (χ0) is 15.7. The minimum atomic E-state index is -0.0388. The number of carbonyl (C=O) groups is 1. The van der Waals surface area contributed by atoms with Gasteiger partial charge in [0.2, 0.25) is 0 Å². The highest BCUT2D eigenvalue weighted by Crippen LogP contribution is 2.40. The molecule has 22 heavy (non-hydrogen) atoms. The zero-order valence-corrected chi connectivity index (χ0v) is 13.7. The van der Waals surface area contributed by atoms with Gasteiger partial charge in [0.15, 0.2) is 0 Å². The van der Waals surface area contributed by atoms with Gasteiger partial charge in [-0.1, -0.05) is 18.2 Å². The molecule has 1 aromatic heterocycles. The predicted molar refractivity (Wildman–Crippen MR) is 89.0 cm³/mol. The average molecular weight is 299 g/mol. The summed E-state index contributed by atoms with van der Waals surface area (Å²) in [5.41, 5.74) is 2.77. The van der Waals surface area contributed by atoms with E-state index in [2.05, 4.69) is 48.9 Å². The minimum Gasteiger partial charge on any atom is -0.469 e. The number of hydrogen-bond donors (Lipinski definition) is 0. The fourth-order valence-electron chi connectivity index (χ4n) is 3.79. The van der Waals surface area contributed by atoms with Gasteiger partial charge < -0.3 is 9.30 Å².